The Morgan fingerprint density at radius 2 is 1.65 bits per heavy atom. The third kappa shape index (κ3) is 3.00. The van der Waals surface area contributed by atoms with Gasteiger partial charge in [0.15, 0.2) is 11.6 Å². The number of benzene rings is 2. The van der Waals surface area contributed by atoms with Gasteiger partial charge in [-0.3, -0.25) is 4.79 Å². The summed E-state index contributed by atoms with van der Waals surface area (Å²) >= 11 is 0. The van der Waals surface area contributed by atoms with Crippen LogP contribution in [0.5, 0.6) is 0 Å². The number of hydrogen-bond donors (Lipinski definition) is 0. The van der Waals surface area contributed by atoms with Crippen LogP contribution in [-0.2, 0) is 16.6 Å². The van der Waals surface area contributed by atoms with E-state index in [0.717, 1.165) is 40.9 Å². The van der Waals surface area contributed by atoms with Crippen molar-refractivity contribution in [2.75, 3.05) is 0 Å². The summed E-state index contributed by atoms with van der Waals surface area (Å²) in [6.07, 6.45) is 3.57. The van der Waals surface area contributed by atoms with E-state index in [1.54, 1.807) is 0 Å². The van der Waals surface area contributed by atoms with Crippen LogP contribution in [0.15, 0.2) is 72.3 Å². The molecule has 1 aromatic heterocycles. The lowest BCUT2D eigenvalue weighted by Crippen LogP contribution is -2.46. The number of nitriles is 1. The van der Waals surface area contributed by atoms with Gasteiger partial charge in [0, 0.05) is 28.0 Å². The van der Waals surface area contributed by atoms with E-state index in [1.165, 1.54) is 0 Å². The lowest BCUT2D eigenvalue weighted by Gasteiger charge is -2.45. The molecule has 0 aliphatic heterocycles. The van der Waals surface area contributed by atoms with E-state index in [2.05, 4.69) is 25.1 Å². The lowest BCUT2D eigenvalue weighted by molar-refractivity contribution is -0.121. The number of allylic oxidation sites excluding steroid dienone is 2. The highest BCUT2D eigenvalue weighted by Crippen LogP contribution is 2.50. The second-order valence-corrected chi connectivity index (χ2v) is 8.71. The van der Waals surface area contributed by atoms with Gasteiger partial charge in [-0.05, 0) is 18.8 Å². The number of hydrogen-bond acceptors (Lipinski definition) is 4. The van der Waals surface area contributed by atoms with E-state index in [1.807, 2.05) is 61.5 Å². The maximum absolute atomic E-state index is 12.7. The van der Waals surface area contributed by atoms with Crippen molar-refractivity contribution in [1.82, 2.24) is 9.97 Å². The Labute approximate surface area is 182 Å². The Hall–Kier alpha value is -3.58. The molecule has 2 aliphatic carbocycles. The Morgan fingerprint density at radius 3 is 2.29 bits per heavy atom. The first-order valence-electron chi connectivity index (χ1n) is 10.7. The van der Waals surface area contributed by atoms with Crippen molar-refractivity contribution in [2.45, 2.75) is 32.1 Å². The molecule has 0 spiro atoms. The molecular weight excluding hydrogens is 382 g/mol. The van der Waals surface area contributed by atoms with Crippen LogP contribution in [0.1, 0.15) is 31.5 Å². The van der Waals surface area contributed by atoms with Gasteiger partial charge in [-0.2, -0.15) is 5.26 Å². The summed E-state index contributed by atoms with van der Waals surface area (Å²) in [5.41, 5.74) is 4.80. The zero-order valence-corrected chi connectivity index (χ0v) is 17.7. The summed E-state index contributed by atoms with van der Waals surface area (Å²) in [5, 5.41) is 9.63. The number of carbonyl (C=O) groups excluding carboxylic acids is 1. The number of aromatic nitrogens is 2. The third-order valence-electron chi connectivity index (χ3n) is 6.92. The number of Topliss-reactive ketones (excluding diaryl/α,β-unsaturated/α-hetero) is 1. The summed E-state index contributed by atoms with van der Waals surface area (Å²) in [4.78, 5) is 22.8. The van der Waals surface area contributed by atoms with E-state index < -0.39 is 5.41 Å². The van der Waals surface area contributed by atoms with Crippen LogP contribution in [0.4, 0.5) is 0 Å². The van der Waals surface area contributed by atoms with Gasteiger partial charge in [0.2, 0.25) is 0 Å². The monoisotopic (exact) mass is 405 g/mol. The minimum atomic E-state index is -0.484. The molecule has 5 rings (SSSR count). The summed E-state index contributed by atoms with van der Waals surface area (Å²) in [7, 11) is 0. The maximum Gasteiger partial charge on any atom is 0.176 e. The largest absolute Gasteiger partial charge is 0.293 e. The van der Waals surface area contributed by atoms with Gasteiger partial charge in [0.05, 0.1) is 17.0 Å². The Morgan fingerprint density at radius 1 is 1.00 bits per heavy atom. The normalized spacial score (nSPS) is 24.5. The molecule has 0 radical (unpaired) electrons. The van der Waals surface area contributed by atoms with Crippen LogP contribution in [-0.4, -0.2) is 15.8 Å². The van der Waals surface area contributed by atoms with Crippen molar-refractivity contribution >= 4 is 5.78 Å². The van der Waals surface area contributed by atoms with E-state index >= 15 is 0 Å². The van der Waals surface area contributed by atoms with Gasteiger partial charge in [0.1, 0.15) is 6.07 Å². The Kier molecular flexibility index (Phi) is 4.55. The van der Waals surface area contributed by atoms with Crippen LogP contribution < -0.4 is 0 Å². The van der Waals surface area contributed by atoms with Gasteiger partial charge in [0.25, 0.3) is 0 Å². The Bertz CT molecular complexity index is 1240. The number of nitrogens with zero attached hydrogens (tertiary/aromatic N) is 3. The summed E-state index contributed by atoms with van der Waals surface area (Å²) in [6, 6.07) is 22.3. The highest BCUT2D eigenvalue weighted by Gasteiger charge is 2.49. The maximum atomic E-state index is 12.7. The van der Waals surface area contributed by atoms with Crippen LogP contribution in [0.25, 0.3) is 22.6 Å². The fraction of sp³-hybridized carbons (Fsp3) is 0.259. The first-order chi connectivity index (χ1) is 15.0. The van der Waals surface area contributed by atoms with Crippen molar-refractivity contribution in [3.05, 3.63) is 83.6 Å². The molecule has 0 unspecified atom stereocenters. The highest BCUT2D eigenvalue weighted by molar-refractivity contribution is 6.02. The molecule has 0 saturated heterocycles. The first kappa shape index (κ1) is 19.4. The highest BCUT2D eigenvalue weighted by atomic mass is 16.1. The molecule has 0 bridgehead atoms. The van der Waals surface area contributed by atoms with Crippen molar-refractivity contribution in [3.8, 4) is 28.7 Å². The molecule has 31 heavy (non-hydrogen) atoms. The second-order valence-electron chi connectivity index (χ2n) is 8.71. The molecule has 0 N–H and O–H groups in total. The van der Waals surface area contributed by atoms with Gasteiger partial charge < -0.3 is 0 Å². The van der Waals surface area contributed by atoms with E-state index in [4.69, 9.17) is 9.97 Å². The van der Waals surface area contributed by atoms with Crippen LogP contribution in [0.2, 0.25) is 0 Å². The molecule has 0 saturated carbocycles. The molecule has 2 aromatic carbocycles. The summed E-state index contributed by atoms with van der Waals surface area (Å²) in [6.45, 7) is 4.09. The zero-order chi connectivity index (χ0) is 21.6. The predicted molar refractivity (Wildman–Crippen MR) is 120 cm³/mol. The van der Waals surface area contributed by atoms with Crippen LogP contribution in [0, 0.1) is 23.2 Å². The fourth-order valence-electron chi connectivity index (χ4n) is 5.32. The van der Waals surface area contributed by atoms with Crippen molar-refractivity contribution in [2.24, 2.45) is 11.8 Å². The molecule has 3 atom stereocenters. The third-order valence-corrected chi connectivity index (χ3v) is 6.92. The van der Waals surface area contributed by atoms with E-state index in [9.17, 15) is 10.1 Å². The van der Waals surface area contributed by atoms with Gasteiger partial charge >= 0.3 is 0 Å². The minimum Gasteiger partial charge on any atom is -0.293 e. The van der Waals surface area contributed by atoms with Crippen molar-refractivity contribution in [3.63, 3.8) is 0 Å². The van der Waals surface area contributed by atoms with E-state index in [0.29, 0.717) is 5.82 Å². The quantitative estimate of drug-likeness (QED) is 0.580. The van der Waals surface area contributed by atoms with Crippen molar-refractivity contribution < 1.29 is 4.79 Å². The topological polar surface area (TPSA) is 66.6 Å². The van der Waals surface area contributed by atoms with Gasteiger partial charge in [-0.15, -0.1) is 0 Å². The molecule has 1 heterocycles. The standard InChI is InChI=1S/C27H23N3O/c1-17-22-14-13-21-23(18-9-5-3-6-10-18)29-26(19-11-7-4-8-12-19)30-25(21)27(22,2)15-20(16-28)24(17)31/h3-12,15,17,22H,13-14H2,1-2H3/t17-,22-,27-/m1/s1. The molecule has 4 heteroatoms. The number of rotatable bonds is 2. The molecular formula is C27H23N3O. The van der Waals surface area contributed by atoms with E-state index in [-0.39, 0.29) is 23.2 Å². The lowest BCUT2D eigenvalue weighted by atomic mass is 9.57. The predicted octanol–water partition coefficient (Wildman–Crippen LogP) is 5.30. The molecule has 0 amide bonds. The molecule has 4 nitrogen and oxygen atoms in total. The van der Waals surface area contributed by atoms with Gasteiger partial charge in [-0.1, -0.05) is 80.6 Å². The average Bonchev–Trinajstić information content (AvgIpc) is 2.82. The van der Waals surface area contributed by atoms with Gasteiger partial charge in [-0.25, -0.2) is 9.97 Å². The molecule has 2 aliphatic rings. The number of carbonyl (C=O) groups is 1. The molecule has 3 aromatic rings. The molecule has 152 valence electrons. The summed E-state index contributed by atoms with van der Waals surface area (Å²) in [5.74, 6) is 0.547. The summed E-state index contributed by atoms with van der Waals surface area (Å²) < 4.78 is 0. The average molecular weight is 406 g/mol. The van der Waals surface area contributed by atoms with Crippen LogP contribution >= 0.6 is 0 Å². The smallest absolute Gasteiger partial charge is 0.176 e. The van der Waals surface area contributed by atoms with Crippen molar-refractivity contribution in [1.29, 1.82) is 5.26 Å². The fourth-order valence-corrected chi connectivity index (χ4v) is 5.32. The number of fused-ring (bicyclic) bond motifs is 3. The van der Waals surface area contributed by atoms with Crippen LogP contribution in [0.3, 0.4) is 0 Å². The number of ketones is 1. The zero-order valence-electron chi connectivity index (χ0n) is 17.7. The second kappa shape index (κ2) is 7.28. The minimum absolute atomic E-state index is 0.0472. The SMILES string of the molecule is C[C@H]1C(=O)C(C#N)=C[C@@]2(C)c3nc(-c4ccccc4)nc(-c4ccccc4)c3CC[C@H]12. The first-order valence-corrected chi connectivity index (χ1v) is 10.7. The Balaban J connectivity index is 1.81. The molecule has 0 fully saturated rings.